The highest BCUT2D eigenvalue weighted by Gasteiger charge is 2.17. The highest BCUT2D eigenvalue weighted by molar-refractivity contribution is 5.41. The molecule has 1 saturated heterocycles. The van der Waals surface area contributed by atoms with Crippen LogP contribution in [0.25, 0.3) is 0 Å². The van der Waals surface area contributed by atoms with Gasteiger partial charge in [-0.05, 0) is 56.3 Å². The topological polar surface area (TPSA) is 37.4 Å². The van der Waals surface area contributed by atoms with Crippen molar-refractivity contribution < 1.29 is 4.74 Å². The van der Waals surface area contributed by atoms with Crippen LogP contribution in [0.3, 0.4) is 0 Å². The first-order valence-electron chi connectivity index (χ1n) is 8.19. The minimum atomic E-state index is 0.373. The molecule has 4 nitrogen and oxygen atoms in total. The number of anilines is 1. The molecule has 1 aliphatic heterocycles. The lowest BCUT2D eigenvalue weighted by Crippen LogP contribution is -2.31. The van der Waals surface area contributed by atoms with Crippen LogP contribution in [0.4, 0.5) is 5.82 Å². The zero-order valence-corrected chi connectivity index (χ0v) is 13.6. The fraction of sp³-hybridized carbons (Fsp3) is 0.706. The van der Waals surface area contributed by atoms with Gasteiger partial charge < -0.3 is 15.0 Å². The molecule has 0 radical (unpaired) electrons. The van der Waals surface area contributed by atoms with Crippen LogP contribution >= 0.6 is 0 Å². The maximum absolute atomic E-state index is 5.57. The summed E-state index contributed by atoms with van der Waals surface area (Å²) >= 11 is 0. The minimum absolute atomic E-state index is 0.373. The predicted molar refractivity (Wildman–Crippen MR) is 87.8 cm³/mol. The highest BCUT2D eigenvalue weighted by Crippen LogP contribution is 2.20. The van der Waals surface area contributed by atoms with Gasteiger partial charge in [-0.25, -0.2) is 4.98 Å². The molecule has 0 aromatic carbocycles. The van der Waals surface area contributed by atoms with Crippen molar-refractivity contribution in [2.45, 2.75) is 39.2 Å². The third-order valence-corrected chi connectivity index (χ3v) is 4.15. The van der Waals surface area contributed by atoms with E-state index in [1.807, 2.05) is 6.20 Å². The van der Waals surface area contributed by atoms with Gasteiger partial charge in [-0.3, -0.25) is 0 Å². The number of nitrogens with one attached hydrogen (secondary N) is 1. The van der Waals surface area contributed by atoms with Crippen LogP contribution < -0.4 is 10.2 Å². The predicted octanol–water partition coefficient (Wildman–Crippen LogP) is 3.01. The van der Waals surface area contributed by atoms with Crippen LogP contribution in [0, 0.1) is 5.92 Å². The molecular weight excluding hydrogens is 262 g/mol. The summed E-state index contributed by atoms with van der Waals surface area (Å²) in [5.74, 6) is 1.69. The highest BCUT2D eigenvalue weighted by atomic mass is 16.5. The Bertz CT molecular complexity index is 418. The molecule has 0 saturated carbocycles. The lowest BCUT2D eigenvalue weighted by molar-refractivity contribution is 0.0576. The quantitative estimate of drug-likeness (QED) is 0.838. The van der Waals surface area contributed by atoms with E-state index < -0.39 is 0 Å². The van der Waals surface area contributed by atoms with Crippen molar-refractivity contribution in [3.05, 3.63) is 23.9 Å². The van der Waals surface area contributed by atoms with E-state index >= 15 is 0 Å². The Kier molecular flexibility index (Phi) is 6.46. The van der Waals surface area contributed by atoms with Crippen molar-refractivity contribution in [2.24, 2.45) is 5.92 Å². The molecule has 4 heteroatoms. The van der Waals surface area contributed by atoms with Gasteiger partial charge in [0.2, 0.25) is 0 Å². The zero-order chi connectivity index (χ0) is 15.1. The molecule has 0 aliphatic carbocycles. The second-order valence-corrected chi connectivity index (χ2v) is 6.09. The maximum Gasteiger partial charge on any atom is 0.128 e. The Balaban J connectivity index is 1.95. The molecule has 2 unspecified atom stereocenters. The molecule has 1 fully saturated rings. The lowest BCUT2D eigenvalue weighted by Gasteiger charge is -2.28. The van der Waals surface area contributed by atoms with Gasteiger partial charge in [0.25, 0.3) is 0 Å². The molecule has 0 amide bonds. The zero-order valence-electron chi connectivity index (χ0n) is 13.6. The van der Waals surface area contributed by atoms with Crippen molar-refractivity contribution >= 4 is 5.82 Å². The fourth-order valence-electron chi connectivity index (χ4n) is 2.82. The third kappa shape index (κ3) is 4.97. The van der Waals surface area contributed by atoms with Crippen LogP contribution in [-0.2, 0) is 4.74 Å². The molecule has 2 rings (SSSR count). The molecule has 1 aromatic heterocycles. The molecule has 118 valence electrons. The van der Waals surface area contributed by atoms with Gasteiger partial charge in [0.15, 0.2) is 0 Å². The average Bonchev–Trinajstić information content (AvgIpc) is 2.53. The number of rotatable bonds is 7. The number of ether oxygens (including phenoxy) is 1. The summed E-state index contributed by atoms with van der Waals surface area (Å²) in [5, 5.41) is 3.53. The lowest BCUT2D eigenvalue weighted by atomic mass is 10.0. The van der Waals surface area contributed by atoms with Crippen LogP contribution in [0.5, 0.6) is 0 Å². The first-order chi connectivity index (χ1) is 10.2. The van der Waals surface area contributed by atoms with E-state index in [1.54, 1.807) is 0 Å². The molecule has 1 aliphatic rings. The van der Waals surface area contributed by atoms with Crippen LogP contribution in [0.2, 0.25) is 0 Å². The summed E-state index contributed by atoms with van der Waals surface area (Å²) in [6, 6.07) is 4.68. The van der Waals surface area contributed by atoms with Crippen LogP contribution in [0.1, 0.15) is 44.7 Å². The summed E-state index contributed by atoms with van der Waals surface area (Å²) < 4.78 is 5.57. The molecule has 0 spiro atoms. The normalized spacial score (nSPS) is 20.2. The van der Waals surface area contributed by atoms with E-state index in [0.29, 0.717) is 12.0 Å². The van der Waals surface area contributed by atoms with Crippen molar-refractivity contribution in [3.63, 3.8) is 0 Å². The Morgan fingerprint density at radius 3 is 3.10 bits per heavy atom. The van der Waals surface area contributed by atoms with Crippen molar-refractivity contribution in [3.8, 4) is 0 Å². The van der Waals surface area contributed by atoms with E-state index in [9.17, 15) is 0 Å². The van der Waals surface area contributed by atoms with Gasteiger partial charge in [0, 0.05) is 32.4 Å². The van der Waals surface area contributed by atoms with E-state index in [1.165, 1.54) is 18.4 Å². The summed E-state index contributed by atoms with van der Waals surface area (Å²) in [6.07, 6.45) is 5.52. The first-order valence-corrected chi connectivity index (χ1v) is 8.19. The second kappa shape index (κ2) is 8.35. The SMILES string of the molecule is CCCNC(C)c1ccnc(N(C)CC2CCCOC2)c1. The van der Waals surface area contributed by atoms with Crippen LogP contribution in [-0.4, -0.2) is 38.3 Å². The van der Waals surface area contributed by atoms with Gasteiger partial charge in [0.1, 0.15) is 5.82 Å². The number of pyridine rings is 1. The van der Waals surface area contributed by atoms with Crippen molar-refractivity contribution in [1.29, 1.82) is 0 Å². The Morgan fingerprint density at radius 2 is 2.38 bits per heavy atom. The standard InChI is InChI=1S/C17H29N3O/c1-4-8-18-14(2)16-7-9-19-17(11-16)20(3)12-15-6-5-10-21-13-15/h7,9,11,14-15,18H,4-6,8,10,12-13H2,1-3H3. The molecule has 2 heterocycles. The largest absolute Gasteiger partial charge is 0.381 e. The van der Waals surface area contributed by atoms with Gasteiger partial charge >= 0.3 is 0 Å². The average molecular weight is 291 g/mol. The Morgan fingerprint density at radius 1 is 1.52 bits per heavy atom. The Labute approximate surface area is 128 Å². The molecular formula is C17H29N3O. The molecule has 1 aromatic rings. The number of hydrogen-bond donors (Lipinski definition) is 1. The molecule has 21 heavy (non-hydrogen) atoms. The number of nitrogens with zero attached hydrogens (tertiary/aromatic N) is 2. The van der Waals surface area contributed by atoms with E-state index in [-0.39, 0.29) is 0 Å². The minimum Gasteiger partial charge on any atom is -0.381 e. The Hall–Kier alpha value is -1.13. The molecule has 1 N–H and O–H groups in total. The van der Waals surface area contributed by atoms with Crippen molar-refractivity contribution in [1.82, 2.24) is 10.3 Å². The van der Waals surface area contributed by atoms with Crippen LogP contribution in [0.15, 0.2) is 18.3 Å². The molecule has 0 bridgehead atoms. The smallest absolute Gasteiger partial charge is 0.128 e. The fourth-order valence-corrected chi connectivity index (χ4v) is 2.82. The first kappa shape index (κ1) is 16.2. The van der Waals surface area contributed by atoms with E-state index in [2.05, 4.69) is 48.2 Å². The van der Waals surface area contributed by atoms with Crippen molar-refractivity contribution in [2.75, 3.05) is 38.3 Å². The van der Waals surface area contributed by atoms with Gasteiger partial charge in [-0.2, -0.15) is 0 Å². The van der Waals surface area contributed by atoms with E-state index in [0.717, 1.165) is 38.5 Å². The summed E-state index contributed by atoms with van der Waals surface area (Å²) in [4.78, 5) is 6.78. The maximum atomic E-state index is 5.57. The summed E-state index contributed by atoms with van der Waals surface area (Å²) in [6.45, 7) is 8.29. The second-order valence-electron chi connectivity index (χ2n) is 6.09. The summed E-state index contributed by atoms with van der Waals surface area (Å²) in [7, 11) is 2.13. The number of hydrogen-bond acceptors (Lipinski definition) is 4. The third-order valence-electron chi connectivity index (χ3n) is 4.15. The van der Waals surface area contributed by atoms with Gasteiger partial charge in [-0.1, -0.05) is 6.92 Å². The number of aromatic nitrogens is 1. The van der Waals surface area contributed by atoms with Gasteiger partial charge in [0.05, 0.1) is 6.61 Å². The van der Waals surface area contributed by atoms with Gasteiger partial charge in [-0.15, -0.1) is 0 Å². The monoisotopic (exact) mass is 291 g/mol. The van der Waals surface area contributed by atoms with E-state index in [4.69, 9.17) is 4.74 Å². The molecule has 2 atom stereocenters. The summed E-state index contributed by atoms with van der Waals surface area (Å²) in [5.41, 5.74) is 1.31.